The summed E-state index contributed by atoms with van der Waals surface area (Å²) in [6.07, 6.45) is 0. The van der Waals surface area contributed by atoms with Crippen molar-refractivity contribution in [1.82, 2.24) is 0 Å². The fourth-order valence-corrected chi connectivity index (χ4v) is 3.31. The standard InChI is InChI=1S/C23H18O6/c1-23(17-6-2-15(3-7-17)21(25)26,18-8-4-16(5-9-18)22(27)28)19-10-12-20(13-11-19)29-14-24/h2-14H,1H3,(H,25,26)(H,27,28). The summed E-state index contributed by atoms with van der Waals surface area (Å²) in [7, 11) is 0. The minimum Gasteiger partial charge on any atom is -0.478 e. The molecule has 0 saturated carbocycles. The number of carbonyl (C=O) groups excluding carboxylic acids is 1. The maximum atomic E-state index is 11.2. The first kappa shape index (κ1) is 19.8. The predicted molar refractivity (Wildman–Crippen MR) is 105 cm³/mol. The Morgan fingerprint density at radius 2 is 1.07 bits per heavy atom. The van der Waals surface area contributed by atoms with Crippen LogP contribution >= 0.6 is 0 Å². The third kappa shape index (κ3) is 3.87. The molecule has 0 aliphatic rings. The summed E-state index contributed by atoms with van der Waals surface area (Å²) < 4.78 is 4.86. The molecule has 0 spiro atoms. The van der Waals surface area contributed by atoms with Crippen molar-refractivity contribution < 1.29 is 29.3 Å². The lowest BCUT2D eigenvalue weighted by molar-refractivity contribution is -0.120. The number of ether oxygens (including phenoxy) is 1. The van der Waals surface area contributed by atoms with Gasteiger partial charge in [-0.2, -0.15) is 0 Å². The number of carbonyl (C=O) groups is 3. The predicted octanol–water partition coefficient (Wildman–Crippen LogP) is 3.97. The molecular weight excluding hydrogens is 372 g/mol. The van der Waals surface area contributed by atoms with Crippen LogP contribution < -0.4 is 4.74 Å². The van der Waals surface area contributed by atoms with Crippen molar-refractivity contribution in [2.75, 3.05) is 0 Å². The molecule has 0 atom stereocenters. The molecule has 6 nitrogen and oxygen atoms in total. The molecule has 6 heteroatoms. The van der Waals surface area contributed by atoms with E-state index in [9.17, 15) is 24.6 Å². The average Bonchev–Trinajstić information content (AvgIpc) is 2.74. The molecule has 0 bridgehead atoms. The topological polar surface area (TPSA) is 101 Å². The van der Waals surface area contributed by atoms with E-state index in [0.717, 1.165) is 16.7 Å². The van der Waals surface area contributed by atoms with Crippen molar-refractivity contribution in [3.63, 3.8) is 0 Å². The zero-order chi connectivity index (χ0) is 21.0. The molecule has 3 rings (SSSR count). The monoisotopic (exact) mass is 390 g/mol. The molecule has 0 aliphatic carbocycles. The van der Waals surface area contributed by atoms with Crippen LogP contribution in [0, 0.1) is 0 Å². The van der Waals surface area contributed by atoms with Crippen LogP contribution in [0.2, 0.25) is 0 Å². The highest BCUT2D eigenvalue weighted by Gasteiger charge is 2.31. The summed E-state index contributed by atoms with van der Waals surface area (Å²) in [5.41, 5.74) is 2.17. The summed E-state index contributed by atoms with van der Waals surface area (Å²) >= 11 is 0. The first-order valence-electron chi connectivity index (χ1n) is 8.75. The summed E-state index contributed by atoms with van der Waals surface area (Å²) in [6.45, 7) is 2.32. The number of hydrogen-bond donors (Lipinski definition) is 2. The molecule has 3 aromatic rings. The normalized spacial score (nSPS) is 10.9. The van der Waals surface area contributed by atoms with Gasteiger partial charge in [-0.3, -0.25) is 4.79 Å². The molecule has 146 valence electrons. The van der Waals surface area contributed by atoms with Gasteiger partial charge in [0.25, 0.3) is 6.47 Å². The number of hydrogen-bond acceptors (Lipinski definition) is 4. The Labute approximate surface area is 167 Å². The van der Waals surface area contributed by atoms with Crippen LogP contribution in [0.25, 0.3) is 0 Å². The van der Waals surface area contributed by atoms with Crippen molar-refractivity contribution in [2.45, 2.75) is 12.3 Å². The Bertz CT molecular complexity index is 977. The molecule has 29 heavy (non-hydrogen) atoms. The number of carboxylic acids is 2. The number of carboxylic acid groups (broad SMARTS) is 2. The van der Waals surface area contributed by atoms with Gasteiger partial charge in [0.1, 0.15) is 5.75 Å². The van der Waals surface area contributed by atoms with Gasteiger partial charge in [-0.05, 0) is 60.0 Å². The minimum atomic E-state index is -1.01. The molecule has 0 radical (unpaired) electrons. The van der Waals surface area contributed by atoms with E-state index in [1.807, 2.05) is 19.1 Å². The van der Waals surface area contributed by atoms with Gasteiger partial charge in [-0.25, -0.2) is 9.59 Å². The smallest absolute Gasteiger partial charge is 0.335 e. The summed E-state index contributed by atoms with van der Waals surface area (Å²) in [6, 6.07) is 20.1. The van der Waals surface area contributed by atoms with Gasteiger partial charge in [-0.15, -0.1) is 0 Å². The summed E-state index contributed by atoms with van der Waals surface area (Å²) in [5, 5.41) is 18.4. The summed E-state index contributed by atoms with van der Waals surface area (Å²) in [4.78, 5) is 33.0. The van der Waals surface area contributed by atoms with E-state index in [1.165, 1.54) is 24.3 Å². The van der Waals surface area contributed by atoms with E-state index in [1.54, 1.807) is 36.4 Å². The summed E-state index contributed by atoms with van der Waals surface area (Å²) in [5.74, 6) is -1.63. The molecule has 0 unspecified atom stereocenters. The zero-order valence-corrected chi connectivity index (χ0v) is 15.5. The minimum absolute atomic E-state index is 0.173. The molecule has 0 aliphatic heterocycles. The number of benzene rings is 3. The first-order valence-corrected chi connectivity index (χ1v) is 8.75. The van der Waals surface area contributed by atoms with E-state index >= 15 is 0 Å². The second kappa shape index (κ2) is 7.98. The van der Waals surface area contributed by atoms with Crippen molar-refractivity contribution in [3.05, 3.63) is 101 Å². The molecule has 3 aromatic carbocycles. The SMILES string of the molecule is CC(c1ccc(OC=O)cc1)(c1ccc(C(=O)O)cc1)c1ccc(C(=O)O)cc1. The highest BCUT2D eigenvalue weighted by atomic mass is 16.5. The second-order valence-electron chi connectivity index (χ2n) is 6.63. The van der Waals surface area contributed by atoms with E-state index in [4.69, 9.17) is 4.74 Å². The highest BCUT2D eigenvalue weighted by Crippen LogP contribution is 2.39. The quantitative estimate of drug-likeness (QED) is 0.468. The van der Waals surface area contributed by atoms with Crippen LogP contribution in [-0.2, 0) is 10.2 Å². The fourth-order valence-electron chi connectivity index (χ4n) is 3.31. The second-order valence-corrected chi connectivity index (χ2v) is 6.63. The van der Waals surface area contributed by atoms with E-state index < -0.39 is 17.4 Å². The van der Waals surface area contributed by atoms with Crippen LogP contribution in [0.5, 0.6) is 5.75 Å². The lowest BCUT2D eigenvalue weighted by atomic mass is 9.71. The molecule has 0 heterocycles. The number of rotatable bonds is 7. The van der Waals surface area contributed by atoms with Crippen LogP contribution in [0.3, 0.4) is 0 Å². The van der Waals surface area contributed by atoms with E-state index in [-0.39, 0.29) is 11.1 Å². The lowest BCUT2D eigenvalue weighted by Crippen LogP contribution is -2.25. The van der Waals surface area contributed by atoms with Crippen molar-refractivity contribution in [1.29, 1.82) is 0 Å². The van der Waals surface area contributed by atoms with Crippen LogP contribution in [0.15, 0.2) is 72.8 Å². The third-order valence-electron chi connectivity index (χ3n) is 5.03. The molecule has 0 saturated heterocycles. The lowest BCUT2D eigenvalue weighted by Gasteiger charge is -2.32. The Kier molecular flexibility index (Phi) is 5.45. The Morgan fingerprint density at radius 1 is 0.724 bits per heavy atom. The van der Waals surface area contributed by atoms with Gasteiger partial charge >= 0.3 is 11.9 Å². The van der Waals surface area contributed by atoms with Gasteiger partial charge in [0.2, 0.25) is 0 Å². The molecule has 0 amide bonds. The molecular formula is C23H18O6. The average molecular weight is 390 g/mol. The zero-order valence-electron chi connectivity index (χ0n) is 15.5. The fraction of sp³-hybridized carbons (Fsp3) is 0.0870. The number of aromatic carboxylic acids is 2. The third-order valence-corrected chi connectivity index (χ3v) is 5.03. The molecule has 2 N–H and O–H groups in total. The van der Waals surface area contributed by atoms with Gasteiger partial charge in [-0.1, -0.05) is 36.4 Å². The van der Waals surface area contributed by atoms with Gasteiger partial charge in [0.05, 0.1) is 11.1 Å². The Morgan fingerprint density at radius 3 is 1.38 bits per heavy atom. The van der Waals surface area contributed by atoms with Gasteiger partial charge < -0.3 is 14.9 Å². The molecule has 0 aromatic heterocycles. The maximum absolute atomic E-state index is 11.2. The van der Waals surface area contributed by atoms with Gasteiger partial charge in [0, 0.05) is 5.41 Å². The highest BCUT2D eigenvalue weighted by molar-refractivity contribution is 5.88. The van der Waals surface area contributed by atoms with E-state index in [2.05, 4.69) is 0 Å². The van der Waals surface area contributed by atoms with Crippen molar-refractivity contribution in [3.8, 4) is 5.75 Å². The van der Waals surface area contributed by atoms with Crippen molar-refractivity contribution >= 4 is 18.4 Å². The van der Waals surface area contributed by atoms with Crippen molar-refractivity contribution in [2.24, 2.45) is 0 Å². The maximum Gasteiger partial charge on any atom is 0.335 e. The van der Waals surface area contributed by atoms with Gasteiger partial charge in [0.15, 0.2) is 0 Å². The largest absolute Gasteiger partial charge is 0.478 e. The Hall–Kier alpha value is -3.93. The van der Waals surface area contributed by atoms with Crippen LogP contribution in [0.1, 0.15) is 44.3 Å². The molecule has 0 fully saturated rings. The Balaban J connectivity index is 2.15. The van der Waals surface area contributed by atoms with E-state index in [0.29, 0.717) is 12.2 Å². The first-order chi connectivity index (χ1) is 13.9. The van der Waals surface area contributed by atoms with Crippen LogP contribution in [0.4, 0.5) is 0 Å². The van der Waals surface area contributed by atoms with Crippen LogP contribution in [-0.4, -0.2) is 28.6 Å².